The molecule has 7 heteroatoms. The van der Waals surface area contributed by atoms with Crippen molar-refractivity contribution < 1.29 is 0 Å². The van der Waals surface area contributed by atoms with Crippen molar-refractivity contribution in [3.05, 3.63) is 33.9 Å². The molecule has 1 aliphatic carbocycles. The van der Waals surface area contributed by atoms with Gasteiger partial charge in [-0.2, -0.15) is 10.5 Å². The standard InChI is InChI=1S/C18H18N6O/c19-5-6-22-9-12(7-20)15-11-24(14-3-1-2-4-14)17-13(8-21)10-23-18(25)16(15)17/h7,9-12,14,20H,1-4,6H2,(H,23,25). The topological polar surface area (TPSA) is 122 Å². The molecule has 0 aliphatic heterocycles. The normalized spacial score (nSPS) is 16.1. The van der Waals surface area contributed by atoms with Crippen molar-refractivity contribution in [1.82, 2.24) is 9.55 Å². The number of aromatic amines is 1. The molecule has 0 aromatic carbocycles. The smallest absolute Gasteiger partial charge is 0.257 e. The molecular formula is C18H18N6O. The number of rotatable bonds is 5. The molecule has 0 amide bonds. The van der Waals surface area contributed by atoms with Crippen molar-refractivity contribution >= 4 is 23.3 Å². The minimum atomic E-state index is -0.506. The molecule has 1 aliphatic rings. The summed E-state index contributed by atoms with van der Waals surface area (Å²) in [5.41, 5.74) is 1.43. The van der Waals surface area contributed by atoms with E-state index in [1.807, 2.05) is 16.8 Å². The Kier molecular flexibility index (Phi) is 4.76. The van der Waals surface area contributed by atoms with Crippen molar-refractivity contribution in [3.63, 3.8) is 0 Å². The Hall–Kier alpha value is -3.19. The van der Waals surface area contributed by atoms with Crippen LogP contribution in [-0.4, -0.2) is 28.5 Å². The van der Waals surface area contributed by atoms with E-state index in [0.29, 0.717) is 22.0 Å². The van der Waals surface area contributed by atoms with Crippen molar-refractivity contribution in [2.45, 2.75) is 37.6 Å². The average molecular weight is 334 g/mol. The molecule has 2 aromatic rings. The Labute approximate surface area is 144 Å². The van der Waals surface area contributed by atoms with Gasteiger partial charge in [-0.3, -0.25) is 9.79 Å². The third-order valence-corrected chi connectivity index (χ3v) is 4.70. The zero-order chi connectivity index (χ0) is 17.8. The summed E-state index contributed by atoms with van der Waals surface area (Å²) < 4.78 is 2.03. The number of hydrogen-bond donors (Lipinski definition) is 2. The first kappa shape index (κ1) is 16.7. The van der Waals surface area contributed by atoms with E-state index in [4.69, 9.17) is 10.7 Å². The number of nitrogens with zero attached hydrogens (tertiary/aromatic N) is 4. The summed E-state index contributed by atoms with van der Waals surface area (Å²) in [6.45, 7) is 0.00537. The maximum Gasteiger partial charge on any atom is 0.257 e. The van der Waals surface area contributed by atoms with Crippen LogP contribution in [-0.2, 0) is 0 Å². The lowest BCUT2D eigenvalue weighted by molar-refractivity contribution is 0.534. The van der Waals surface area contributed by atoms with E-state index in [1.54, 1.807) is 0 Å². The molecule has 1 fully saturated rings. The number of aromatic nitrogens is 2. The molecular weight excluding hydrogens is 316 g/mol. The highest BCUT2D eigenvalue weighted by molar-refractivity contribution is 5.98. The Balaban J connectivity index is 2.25. The van der Waals surface area contributed by atoms with E-state index in [1.165, 1.54) is 18.6 Å². The Morgan fingerprint density at radius 3 is 2.84 bits per heavy atom. The minimum Gasteiger partial charge on any atom is -0.343 e. The van der Waals surface area contributed by atoms with Crippen molar-refractivity contribution in [2.24, 2.45) is 4.99 Å². The second-order valence-electron chi connectivity index (χ2n) is 6.14. The fourth-order valence-corrected chi connectivity index (χ4v) is 3.56. The predicted molar refractivity (Wildman–Crippen MR) is 95.3 cm³/mol. The zero-order valence-corrected chi connectivity index (χ0v) is 13.7. The largest absolute Gasteiger partial charge is 0.343 e. The average Bonchev–Trinajstić information content (AvgIpc) is 3.27. The number of H-pyrrole nitrogens is 1. The SMILES string of the molecule is N#CCN=CC(C=N)c1cn(C2CCCC2)c2c(C#N)c[nH]c(=O)c12. The maximum atomic E-state index is 12.5. The quantitative estimate of drug-likeness (QED) is 0.645. The fraction of sp³-hybridized carbons (Fsp3) is 0.389. The zero-order valence-electron chi connectivity index (χ0n) is 13.7. The molecule has 25 heavy (non-hydrogen) atoms. The van der Waals surface area contributed by atoms with Crippen molar-refractivity contribution in [1.29, 1.82) is 15.9 Å². The van der Waals surface area contributed by atoms with Gasteiger partial charge in [0.1, 0.15) is 12.6 Å². The van der Waals surface area contributed by atoms with Crippen LogP contribution in [0.25, 0.3) is 10.9 Å². The van der Waals surface area contributed by atoms with Gasteiger partial charge in [0, 0.05) is 30.9 Å². The third-order valence-electron chi connectivity index (χ3n) is 4.70. The molecule has 3 rings (SSSR count). The van der Waals surface area contributed by atoms with E-state index in [-0.39, 0.29) is 18.1 Å². The highest BCUT2D eigenvalue weighted by Gasteiger charge is 2.25. The van der Waals surface area contributed by atoms with Gasteiger partial charge in [-0.15, -0.1) is 0 Å². The number of nitrogens with one attached hydrogen (secondary N) is 2. The molecule has 7 nitrogen and oxygen atoms in total. The van der Waals surface area contributed by atoms with Crippen LogP contribution in [0.15, 0.2) is 22.2 Å². The van der Waals surface area contributed by atoms with E-state index in [0.717, 1.165) is 25.7 Å². The molecule has 1 unspecified atom stereocenters. The number of nitriles is 2. The van der Waals surface area contributed by atoms with E-state index in [9.17, 15) is 10.1 Å². The van der Waals surface area contributed by atoms with Gasteiger partial charge in [-0.25, -0.2) is 0 Å². The van der Waals surface area contributed by atoms with E-state index >= 15 is 0 Å². The number of aliphatic imine (C=N–C) groups is 1. The van der Waals surface area contributed by atoms with Crippen LogP contribution in [0.3, 0.4) is 0 Å². The number of pyridine rings is 1. The van der Waals surface area contributed by atoms with Crippen molar-refractivity contribution in [3.8, 4) is 12.1 Å². The maximum absolute atomic E-state index is 12.5. The first-order valence-electron chi connectivity index (χ1n) is 8.25. The van der Waals surface area contributed by atoms with Crippen LogP contribution in [0.1, 0.15) is 48.8 Å². The molecule has 2 N–H and O–H groups in total. The highest BCUT2D eigenvalue weighted by atomic mass is 16.1. The van der Waals surface area contributed by atoms with Gasteiger partial charge in [0.25, 0.3) is 5.56 Å². The molecule has 126 valence electrons. The van der Waals surface area contributed by atoms with Crippen LogP contribution in [0.2, 0.25) is 0 Å². The minimum absolute atomic E-state index is 0.00537. The third kappa shape index (κ3) is 2.97. The highest BCUT2D eigenvalue weighted by Crippen LogP contribution is 2.35. The first-order chi connectivity index (χ1) is 12.2. The summed E-state index contributed by atoms with van der Waals surface area (Å²) in [6, 6.07) is 4.34. The Morgan fingerprint density at radius 2 is 2.20 bits per heavy atom. The van der Waals surface area contributed by atoms with Crippen LogP contribution in [0, 0.1) is 28.1 Å². The van der Waals surface area contributed by atoms with Gasteiger partial charge in [0.2, 0.25) is 0 Å². The van der Waals surface area contributed by atoms with Crippen LogP contribution >= 0.6 is 0 Å². The molecule has 2 heterocycles. The Morgan fingerprint density at radius 1 is 1.44 bits per heavy atom. The molecule has 0 saturated heterocycles. The van der Waals surface area contributed by atoms with Crippen LogP contribution < -0.4 is 5.56 Å². The van der Waals surface area contributed by atoms with Gasteiger partial charge in [0.15, 0.2) is 0 Å². The lowest BCUT2D eigenvalue weighted by Crippen LogP contribution is -2.11. The van der Waals surface area contributed by atoms with Gasteiger partial charge >= 0.3 is 0 Å². The summed E-state index contributed by atoms with van der Waals surface area (Å²) in [4.78, 5) is 19.1. The summed E-state index contributed by atoms with van der Waals surface area (Å²) in [7, 11) is 0. The first-order valence-corrected chi connectivity index (χ1v) is 8.25. The van der Waals surface area contributed by atoms with Gasteiger partial charge in [0.05, 0.1) is 28.5 Å². The van der Waals surface area contributed by atoms with Gasteiger partial charge < -0.3 is 15.0 Å². The summed E-state index contributed by atoms with van der Waals surface area (Å²) >= 11 is 0. The lowest BCUT2D eigenvalue weighted by atomic mass is 10.0. The second-order valence-corrected chi connectivity index (χ2v) is 6.14. The van der Waals surface area contributed by atoms with Crippen LogP contribution in [0.4, 0.5) is 0 Å². The van der Waals surface area contributed by atoms with Gasteiger partial charge in [-0.1, -0.05) is 12.8 Å². The summed E-state index contributed by atoms with van der Waals surface area (Å²) in [5, 5.41) is 26.3. The monoisotopic (exact) mass is 334 g/mol. The second kappa shape index (κ2) is 7.14. The molecule has 0 spiro atoms. The van der Waals surface area contributed by atoms with E-state index < -0.39 is 5.92 Å². The summed E-state index contributed by atoms with van der Waals surface area (Å²) in [6.07, 6.45) is 10.3. The van der Waals surface area contributed by atoms with Crippen molar-refractivity contribution in [2.75, 3.05) is 6.54 Å². The molecule has 0 bridgehead atoms. The molecule has 1 atom stereocenters. The number of hydrogen-bond acceptors (Lipinski definition) is 5. The predicted octanol–water partition coefficient (Wildman–Crippen LogP) is 2.64. The lowest BCUT2D eigenvalue weighted by Gasteiger charge is -2.13. The van der Waals surface area contributed by atoms with Gasteiger partial charge in [-0.05, 0) is 18.4 Å². The number of fused-ring (bicyclic) bond motifs is 1. The van der Waals surface area contributed by atoms with Crippen LogP contribution in [0.5, 0.6) is 0 Å². The molecule has 2 aromatic heterocycles. The molecule has 1 saturated carbocycles. The molecule has 0 radical (unpaired) electrons. The Bertz CT molecular complexity index is 962. The summed E-state index contributed by atoms with van der Waals surface area (Å²) in [5.74, 6) is -0.506. The van der Waals surface area contributed by atoms with E-state index in [2.05, 4.69) is 16.0 Å². The fourth-order valence-electron chi connectivity index (χ4n) is 3.56.